The van der Waals surface area contributed by atoms with Crippen LogP contribution in [0.25, 0.3) is 22.2 Å². The van der Waals surface area contributed by atoms with Crippen LogP contribution in [0.15, 0.2) is 66.7 Å². The van der Waals surface area contributed by atoms with Crippen molar-refractivity contribution in [1.29, 1.82) is 0 Å². The summed E-state index contributed by atoms with van der Waals surface area (Å²) in [7, 11) is 0. The van der Waals surface area contributed by atoms with Crippen molar-refractivity contribution in [3.63, 3.8) is 0 Å². The number of nitrogens with one attached hydrogen (secondary N) is 1. The van der Waals surface area contributed by atoms with Crippen molar-refractivity contribution >= 4 is 28.3 Å². The first kappa shape index (κ1) is 18.1. The zero-order valence-corrected chi connectivity index (χ0v) is 16.0. The molecule has 1 amide bonds. The van der Waals surface area contributed by atoms with Crippen LogP contribution in [0.2, 0.25) is 5.02 Å². The zero-order valence-electron chi connectivity index (χ0n) is 15.2. The molecule has 4 rings (SSSR count). The van der Waals surface area contributed by atoms with E-state index < -0.39 is 0 Å². The van der Waals surface area contributed by atoms with Crippen LogP contribution in [-0.2, 0) is 11.3 Å². The molecule has 4 aromatic rings. The maximum absolute atomic E-state index is 12.5. The van der Waals surface area contributed by atoms with Crippen LogP contribution in [0.4, 0.5) is 0 Å². The number of carbonyl (C=O) groups excluding carboxylic acids is 1. The maximum Gasteiger partial charge on any atom is 0.244 e. The van der Waals surface area contributed by atoms with Crippen molar-refractivity contribution in [3.05, 3.63) is 77.3 Å². The molecule has 1 atom stereocenters. The van der Waals surface area contributed by atoms with Gasteiger partial charge in [-0.15, -0.1) is 10.2 Å². The van der Waals surface area contributed by atoms with Crippen LogP contribution in [-0.4, -0.2) is 26.1 Å². The SMILES string of the molecule is CC(NC(=O)Cn1nnc(-c2ccc(Cl)cc2)n1)c1cccc2ccccc12. The minimum atomic E-state index is -0.180. The monoisotopic (exact) mass is 391 g/mol. The third-order valence-electron chi connectivity index (χ3n) is 4.51. The van der Waals surface area contributed by atoms with E-state index in [0.717, 1.165) is 21.9 Å². The molecule has 1 heterocycles. The molecule has 1 N–H and O–H groups in total. The quantitative estimate of drug-likeness (QED) is 0.557. The normalized spacial score (nSPS) is 12.1. The number of aromatic nitrogens is 4. The molecule has 0 spiro atoms. The van der Waals surface area contributed by atoms with Crippen LogP contribution < -0.4 is 5.32 Å². The molecular weight excluding hydrogens is 374 g/mol. The standard InChI is InChI=1S/C21H18ClN5O/c1-14(18-8-4-6-15-5-2-3-7-19(15)18)23-20(28)13-27-25-21(24-26-27)16-9-11-17(22)12-10-16/h2-12,14H,13H2,1H3,(H,23,28). The Morgan fingerprint density at radius 3 is 2.64 bits per heavy atom. The predicted molar refractivity (Wildman–Crippen MR) is 109 cm³/mol. The summed E-state index contributed by atoms with van der Waals surface area (Å²) < 4.78 is 0. The molecule has 3 aromatic carbocycles. The number of hydrogen-bond donors (Lipinski definition) is 1. The third kappa shape index (κ3) is 3.87. The summed E-state index contributed by atoms with van der Waals surface area (Å²) in [6, 6.07) is 21.2. The summed E-state index contributed by atoms with van der Waals surface area (Å²) in [6.45, 7) is 1.96. The molecule has 6 nitrogen and oxygen atoms in total. The minimum Gasteiger partial charge on any atom is -0.348 e. The third-order valence-corrected chi connectivity index (χ3v) is 4.76. The second-order valence-corrected chi connectivity index (χ2v) is 6.94. The van der Waals surface area contributed by atoms with Gasteiger partial charge >= 0.3 is 0 Å². The van der Waals surface area contributed by atoms with Crippen molar-refractivity contribution in [2.24, 2.45) is 0 Å². The van der Waals surface area contributed by atoms with E-state index in [0.29, 0.717) is 10.8 Å². The number of carbonyl (C=O) groups is 1. The van der Waals surface area contributed by atoms with Crippen molar-refractivity contribution in [2.45, 2.75) is 19.5 Å². The summed E-state index contributed by atoms with van der Waals surface area (Å²) in [6.07, 6.45) is 0. The molecule has 0 aliphatic heterocycles. The molecule has 1 aromatic heterocycles. The Bertz CT molecular complexity index is 1120. The molecule has 28 heavy (non-hydrogen) atoms. The van der Waals surface area contributed by atoms with Gasteiger partial charge in [-0.2, -0.15) is 4.80 Å². The molecule has 0 bridgehead atoms. The lowest BCUT2D eigenvalue weighted by Gasteiger charge is -2.16. The largest absolute Gasteiger partial charge is 0.348 e. The molecule has 140 valence electrons. The molecule has 1 unspecified atom stereocenters. The highest BCUT2D eigenvalue weighted by Gasteiger charge is 2.14. The van der Waals surface area contributed by atoms with Crippen molar-refractivity contribution < 1.29 is 4.79 Å². The second kappa shape index (κ2) is 7.78. The molecule has 0 saturated heterocycles. The lowest BCUT2D eigenvalue weighted by Crippen LogP contribution is -2.31. The van der Waals surface area contributed by atoms with Crippen molar-refractivity contribution in [2.75, 3.05) is 0 Å². The summed E-state index contributed by atoms with van der Waals surface area (Å²) in [5.41, 5.74) is 1.86. The van der Waals surface area contributed by atoms with E-state index in [1.54, 1.807) is 12.1 Å². The zero-order chi connectivity index (χ0) is 19.5. The van der Waals surface area contributed by atoms with Gasteiger partial charge in [0.15, 0.2) is 0 Å². The number of halogens is 1. The van der Waals surface area contributed by atoms with Gasteiger partial charge in [0, 0.05) is 10.6 Å². The summed E-state index contributed by atoms with van der Waals surface area (Å²) in [5, 5.41) is 18.2. The lowest BCUT2D eigenvalue weighted by molar-refractivity contribution is -0.122. The van der Waals surface area contributed by atoms with Gasteiger partial charge in [-0.25, -0.2) is 0 Å². The number of hydrogen-bond acceptors (Lipinski definition) is 4. The van der Waals surface area contributed by atoms with E-state index >= 15 is 0 Å². The van der Waals surface area contributed by atoms with E-state index in [2.05, 4.69) is 38.9 Å². The topological polar surface area (TPSA) is 72.7 Å². The van der Waals surface area contributed by atoms with Gasteiger partial charge < -0.3 is 5.32 Å². The predicted octanol–water partition coefficient (Wildman–Crippen LogP) is 4.02. The van der Waals surface area contributed by atoms with E-state index in [1.807, 2.05) is 43.3 Å². The smallest absolute Gasteiger partial charge is 0.244 e. The fraction of sp³-hybridized carbons (Fsp3) is 0.143. The Kier molecular flexibility index (Phi) is 5.04. The van der Waals surface area contributed by atoms with Crippen LogP contribution in [0.1, 0.15) is 18.5 Å². The number of tetrazole rings is 1. The number of nitrogens with zero attached hydrogens (tertiary/aromatic N) is 4. The van der Waals surface area contributed by atoms with Gasteiger partial charge in [-0.3, -0.25) is 4.79 Å². The van der Waals surface area contributed by atoms with Crippen LogP contribution >= 0.6 is 11.6 Å². The van der Waals surface area contributed by atoms with Gasteiger partial charge in [0.05, 0.1) is 6.04 Å². The Labute approximate surface area is 167 Å². The lowest BCUT2D eigenvalue weighted by atomic mass is 10.00. The summed E-state index contributed by atoms with van der Waals surface area (Å²) in [5.74, 6) is 0.270. The molecule has 0 fully saturated rings. The first-order valence-corrected chi connectivity index (χ1v) is 9.29. The minimum absolute atomic E-state index is 0.00427. The Morgan fingerprint density at radius 1 is 1.07 bits per heavy atom. The van der Waals surface area contributed by atoms with Gasteiger partial charge in [0.2, 0.25) is 11.7 Å². The Hall–Kier alpha value is -3.25. The van der Waals surface area contributed by atoms with Gasteiger partial charge in [-0.1, -0.05) is 54.1 Å². The fourth-order valence-corrected chi connectivity index (χ4v) is 3.27. The van der Waals surface area contributed by atoms with Crippen LogP contribution in [0.5, 0.6) is 0 Å². The number of rotatable bonds is 5. The Balaban J connectivity index is 1.45. The first-order chi connectivity index (χ1) is 13.6. The van der Waals surface area contributed by atoms with Gasteiger partial charge in [0.25, 0.3) is 0 Å². The fourth-order valence-electron chi connectivity index (χ4n) is 3.15. The first-order valence-electron chi connectivity index (χ1n) is 8.91. The number of fused-ring (bicyclic) bond motifs is 1. The van der Waals surface area contributed by atoms with E-state index in [4.69, 9.17) is 11.6 Å². The summed E-state index contributed by atoms with van der Waals surface area (Å²) >= 11 is 5.89. The van der Waals surface area contributed by atoms with Crippen molar-refractivity contribution in [3.8, 4) is 11.4 Å². The molecule has 7 heteroatoms. The highest BCUT2D eigenvalue weighted by molar-refractivity contribution is 6.30. The molecular formula is C21H18ClN5O. The number of amides is 1. The molecule has 0 aliphatic rings. The average Bonchev–Trinajstić information content (AvgIpc) is 3.16. The van der Waals surface area contributed by atoms with Crippen LogP contribution in [0.3, 0.4) is 0 Å². The molecule has 0 radical (unpaired) electrons. The highest BCUT2D eigenvalue weighted by Crippen LogP contribution is 2.24. The van der Waals surface area contributed by atoms with Gasteiger partial charge in [0.1, 0.15) is 6.54 Å². The maximum atomic E-state index is 12.5. The van der Waals surface area contributed by atoms with E-state index in [9.17, 15) is 4.79 Å². The summed E-state index contributed by atoms with van der Waals surface area (Å²) in [4.78, 5) is 13.8. The molecule has 0 aliphatic carbocycles. The van der Waals surface area contributed by atoms with E-state index in [1.165, 1.54) is 4.80 Å². The van der Waals surface area contributed by atoms with E-state index in [-0.39, 0.29) is 18.5 Å². The van der Waals surface area contributed by atoms with Crippen molar-refractivity contribution in [1.82, 2.24) is 25.5 Å². The highest BCUT2D eigenvalue weighted by atomic mass is 35.5. The second-order valence-electron chi connectivity index (χ2n) is 6.51. The Morgan fingerprint density at radius 2 is 1.82 bits per heavy atom. The number of benzene rings is 3. The molecule has 0 saturated carbocycles. The van der Waals surface area contributed by atoms with Crippen LogP contribution in [0, 0.1) is 0 Å². The average molecular weight is 392 g/mol. The van der Waals surface area contributed by atoms with Gasteiger partial charge in [-0.05, 0) is 52.7 Å².